The molecule has 2 amide bonds. The highest BCUT2D eigenvalue weighted by molar-refractivity contribution is 5.92. The zero-order valence-corrected chi connectivity index (χ0v) is 15.8. The summed E-state index contributed by atoms with van der Waals surface area (Å²) in [5.74, 6) is -0.228. The van der Waals surface area contributed by atoms with Crippen LogP contribution in [0.3, 0.4) is 0 Å². The fourth-order valence-corrected chi connectivity index (χ4v) is 3.34. The van der Waals surface area contributed by atoms with Gasteiger partial charge in [-0.05, 0) is 30.5 Å². The van der Waals surface area contributed by atoms with Crippen molar-refractivity contribution >= 4 is 11.8 Å². The van der Waals surface area contributed by atoms with Gasteiger partial charge in [0, 0.05) is 32.1 Å². The van der Waals surface area contributed by atoms with E-state index in [-0.39, 0.29) is 41.8 Å². The topological polar surface area (TPSA) is 66.7 Å². The van der Waals surface area contributed by atoms with Crippen LogP contribution in [0.15, 0.2) is 34.9 Å². The first-order valence-corrected chi connectivity index (χ1v) is 9.11. The molecule has 0 bridgehead atoms. The molecular weight excluding hydrogens is 349 g/mol. The number of halogens is 1. The SMILES string of the molecule is Cc1cc(C(=O)N2CCC(=O)N(Cc3ccc(F)cc3)C(C(C)C)C2)on1. The molecule has 7 heteroatoms. The van der Waals surface area contributed by atoms with E-state index in [9.17, 15) is 14.0 Å². The van der Waals surface area contributed by atoms with Gasteiger partial charge in [-0.3, -0.25) is 9.59 Å². The zero-order chi connectivity index (χ0) is 19.6. The maximum absolute atomic E-state index is 13.2. The van der Waals surface area contributed by atoms with E-state index in [1.807, 2.05) is 13.8 Å². The van der Waals surface area contributed by atoms with Crippen LogP contribution in [-0.4, -0.2) is 45.9 Å². The first kappa shape index (κ1) is 19.1. The predicted molar refractivity (Wildman–Crippen MR) is 97.3 cm³/mol. The van der Waals surface area contributed by atoms with Crippen molar-refractivity contribution < 1.29 is 18.5 Å². The Morgan fingerprint density at radius 3 is 2.63 bits per heavy atom. The second-order valence-electron chi connectivity index (χ2n) is 7.29. The third kappa shape index (κ3) is 4.35. The van der Waals surface area contributed by atoms with Gasteiger partial charge in [0.2, 0.25) is 11.7 Å². The molecule has 1 saturated heterocycles. The van der Waals surface area contributed by atoms with Gasteiger partial charge in [0.15, 0.2) is 0 Å². The first-order valence-electron chi connectivity index (χ1n) is 9.11. The monoisotopic (exact) mass is 373 g/mol. The molecule has 1 atom stereocenters. The number of carbonyl (C=O) groups is 2. The van der Waals surface area contributed by atoms with Crippen molar-refractivity contribution in [3.05, 3.63) is 53.2 Å². The number of rotatable bonds is 4. The Labute approximate surface area is 157 Å². The van der Waals surface area contributed by atoms with Crippen molar-refractivity contribution in [1.29, 1.82) is 0 Å². The Bertz CT molecular complexity index is 816. The number of nitrogens with zero attached hydrogens (tertiary/aromatic N) is 3. The number of hydrogen-bond acceptors (Lipinski definition) is 4. The van der Waals surface area contributed by atoms with Gasteiger partial charge < -0.3 is 14.3 Å². The van der Waals surface area contributed by atoms with Crippen LogP contribution in [0.5, 0.6) is 0 Å². The van der Waals surface area contributed by atoms with Crippen LogP contribution in [0.25, 0.3) is 0 Å². The molecule has 1 aromatic heterocycles. The molecule has 2 heterocycles. The largest absolute Gasteiger partial charge is 0.351 e. The minimum atomic E-state index is -0.305. The molecule has 0 radical (unpaired) electrons. The average molecular weight is 373 g/mol. The summed E-state index contributed by atoms with van der Waals surface area (Å²) in [5, 5.41) is 3.77. The molecule has 1 aromatic carbocycles. The van der Waals surface area contributed by atoms with E-state index in [1.54, 1.807) is 34.9 Å². The molecule has 0 N–H and O–H groups in total. The molecule has 0 aliphatic carbocycles. The molecule has 1 aliphatic rings. The smallest absolute Gasteiger partial charge is 0.292 e. The number of hydrogen-bond donors (Lipinski definition) is 0. The molecule has 2 aromatic rings. The third-order valence-corrected chi connectivity index (χ3v) is 4.89. The maximum Gasteiger partial charge on any atom is 0.292 e. The summed E-state index contributed by atoms with van der Waals surface area (Å²) in [6.07, 6.45) is 0.239. The molecule has 1 fully saturated rings. The Morgan fingerprint density at radius 1 is 1.33 bits per heavy atom. The number of amides is 2. The van der Waals surface area contributed by atoms with E-state index in [2.05, 4.69) is 5.16 Å². The summed E-state index contributed by atoms with van der Waals surface area (Å²) in [6, 6.07) is 7.62. The van der Waals surface area contributed by atoms with Gasteiger partial charge in [-0.2, -0.15) is 0 Å². The number of aryl methyl sites for hydroxylation is 1. The van der Waals surface area contributed by atoms with E-state index < -0.39 is 0 Å². The van der Waals surface area contributed by atoms with Crippen LogP contribution in [0.1, 0.15) is 42.1 Å². The standard InChI is InChI=1S/C20H24FN3O3/c1-13(2)17-12-23(20(26)18-10-14(3)22-27-18)9-8-19(25)24(17)11-15-4-6-16(21)7-5-15/h4-7,10,13,17H,8-9,11-12H2,1-3H3. The van der Waals surface area contributed by atoms with Crippen molar-refractivity contribution in [3.8, 4) is 0 Å². The highest BCUT2D eigenvalue weighted by Gasteiger charge is 2.34. The summed E-state index contributed by atoms with van der Waals surface area (Å²) < 4.78 is 18.3. The summed E-state index contributed by atoms with van der Waals surface area (Å²) in [6.45, 7) is 6.97. The van der Waals surface area contributed by atoms with E-state index >= 15 is 0 Å². The Kier molecular flexibility index (Phi) is 5.58. The second kappa shape index (κ2) is 7.90. The fourth-order valence-electron chi connectivity index (χ4n) is 3.34. The van der Waals surface area contributed by atoms with Crippen molar-refractivity contribution in [1.82, 2.24) is 15.0 Å². The molecule has 0 spiro atoms. The molecule has 0 saturated carbocycles. The summed E-state index contributed by atoms with van der Waals surface area (Å²) in [4.78, 5) is 29.0. The minimum Gasteiger partial charge on any atom is -0.351 e. The van der Waals surface area contributed by atoms with Gasteiger partial charge >= 0.3 is 0 Å². The average Bonchev–Trinajstić information content (AvgIpc) is 3.00. The van der Waals surface area contributed by atoms with Gasteiger partial charge in [-0.25, -0.2) is 4.39 Å². The lowest BCUT2D eigenvalue weighted by Gasteiger charge is -2.34. The van der Waals surface area contributed by atoms with Crippen LogP contribution in [0.4, 0.5) is 4.39 Å². The van der Waals surface area contributed by atoms with E-state index in [4.69, 9.17) is 4.52 Å². The Balaban J connectivity index is 1.81. The summed E-state index contributed by atoms with van der Waals surface area (Å²) >= 11 is 0. The van der Waals surface area contributed by atoms with E-state index in [1.165, 1.54) is 12.1 Å². The van der Waals surface area contributed by atoms with Crippen LogP contribution in [0.2, 0.25) is 0 Å². The molecule has 3 rings (SSSR count). The Hall–Kier alpha value is -2.70. The second-order valence-corrected chi connectivity index (χ2v) is 7.29. The third-order valence-electron chi connectivity index (χ3n) is 4.89. The minimum absolute atomic E-state index is 0.0120. The van der Waals surface area contributed by atoms with Crippen molar-refractivity contribution in [2.24, 2.45) is 5.92 Å². The first-order chi connectivity index (χ1) is 12.8. The molecule has 6 nitrogen and oxygen atoms in total. The van der Waals surface area contributed by atoms with E-state index in [0.29, 0.717) is 25.3 Å². The maximum atomic E-state index is 13.2. The van der Waals surface area contributed by atoms with Crippen molar-refractivity contribution in [2.45, 2.75) is 39.8 Å². The molecule has 27 heavy (non-hydrogen) atoms. The highest BCUT2D eigenvalue weighted by Crippen LogP contribution is 2.22. The van der Waals surface area contributed by atoms with Gasteiger partial charge in [0.05, 0.1) is 11.7 Å². The predicted octanol–water partition coefficient (Wildman–Crippen LogP) is 3.02. The van der Waals surface area contributed by atoms with Gasteiger partial charge in [0.25, 0.3) is 5.91 Å². The summed E-state index contributed by atoms with van der Waals surface area (Å²) in [7, 11) is 0. The van der Waals surface area contributed by atoms with Crippen molar-refractivity contribution in [3.63, 3.8) is 0 Å². The van der Waals surface area contributed by atoms with Crippen LogP contribution in [0, 0.1) is 18.7 Å². The molecule has 1 unspecified atom stereocenters. The Morgan fingerprint density at radius 2 is 2.04 bits per heavy atom. The van der Waals surface area contributed by atoms with Crippen LogP contribution < -0.4 is 0 Å². The van der Waals surface area contributed by atoms with Crippen molar-refractivity contribution in [2.75, 3.05) is 13.1 Å². The number of benzene rings is 1. The fraction of sp³-hybridized carbons (Fsp3) is 0.450. The summed E-state index contributed by atoms with van der Waals surface area (Å²) in [5.41, 5.74) is 1.50. The van der Waals surface area contributed by atoms with E-state index in [0.717, 1.165) is 5.56 Å². The quantitative estimate of drug-likeness (QED) is 0.826. The van der Waals surface area contributed by atoms with Crippen LogP contribution >= 0.6 is 0 Å². The van der Waals surface area contributed by atoms with Gasteiger partial charge in [-0.15, -0.1) is 0 Å². The lowest BCUT2D eigenvalue weighted by molar-refractivity contribution is -0.134. The molecule has 144 valence electrons. The van der Waals surface area contributed by atoms with Gasteiger partial charge in [-0.1, -0.05) is 31.1 Å². The number of aromatic nitrogens is 1. The molecular formula is C20H24FN3O3. The van der Waals surface area contributed by atoms with Crippen LogP contribution in [-0.2, 0) is 11.3 Å². The highest BCUT2D eigenvalue weighted by atomic mass is 19.1. The van der Waals surface area contributed by atoms with Gasteiger partial charge in [0.1, 0.15) is 5.82 Å². The zero-order valence-electron chi connectivity index (χ0n) is 15.8. The lowest BCUT2D eigenvalue weighted by atomic mass is 10.0. The number of carbonyl (C=O) groups excluding carboxylic acids is 2. The lowest BCUT2D eigenvalue weighted by Crippen LogP contribution is -2.47. The molecule has 1 aliphatic heterocycles. The normalized spacial score (nSPS) is 18.1.